The van der Waals surface area contributed by atoms with Crippen LogP contribution in [-0.4, -0.2) is 92.7 Å². The Hall–Kier alpha value is -2.01. The van der Waals surface area contributed by atoms with E-state index in [0.717, 1.165) is 0 Å². The van der Waals surface area contributed by atoms with Gasteiger partial charge in [0.2, 0.25) is 0 Å². The number of hydrogen-bond donors (Lipinski definition) is 0. The molecule has 24 heteroatoms. The summed E-state index contributed by atoms with van der Waals surface area (Å²) in [6, 6.07) is 0. The molecule has 0 aromatic carbocycles. The van der Waals surface area contributed by atoms with E-state index in [9.17, 15) is 87.8 Å². The molecule has 6 nitrogen and oxygen atoms in total. The zero-order chi connectivity index (χ0) is 32.6. The summed E-state index contributed by atoms with van der Waals surface area (Å²) in [6.07, 6.45) is -9.56. The summed E-state index contributed by atoms with van der Waals surface area (Å²) in [5.74, 6) is -52.3. The van der Waals surface area contributed by atoms with Crippen LogP contribution in [0.25, 0.3) is 0 Å². The van der Waals surface area contributed by atoms with Crippen LogP contribution in [0.5, 0.6) is 0 Å². The van der Waals surface area contributed by atoms with Gasteiger partial charge in [-0.25, -0.2) is 9.10 Å². The van der Waals surface area contributed by atoms with Crippen molar-refractivity contribution >= 4 is 16.1 Å². The fourth-order valence-corrected chi connectivity index (χ4v) is 3.25. The largest absolute Gasteiger partial charge is 0.460 e. The number of unbranched alkanes of at least 4 members (excludes halogenated alkanes) is 1. The van der Waals surface area contributed by atoms with E-state index >= 15 is 0 Å². The zero-order valence-electron chi connectivity index (χ0n) is 19.4. The summed E-state index contributed by atoms with van der Waals surface area (Å²) in [4.78, 5) is 11.5. The zero-order valence-corrected chi connectivity index (χ0v) is 20.2. The molecule has 0 aliphatic heterocycles. The Morgan fingerprint density at radius 3 is 1.38 bits per heavy atom. The number of sulfonamides is 1. The molecule has 0 radical (unpaired) electrons. The number of alkyl halides is 17. The highest BCUT2D eigenvalue weighted by molar-refractivity contribution is 7.90. The van der Waals surface area contributed by atoms with E-state index in [1.165, 1.54) is 0 Å². The number of hydrogen-bond acceptors (Lipinski definition) is 5. The van der Waals surface area contributed by atoms with Gasteiger partial charge in [-0.05, 0) is 6.42 Å². The van der Waals surface area contributed by atoms with Gasteiger partial charge in [0.15, 0.2) is 0 Å². The third-order valence-corrected chi connectivity index (χ3v) is 6.50. The van der Waals surface area contributed by atoms with Crippen molar-refractivity contribution in [3.63, 3.8) is 0 Å². The van der Waals surface area contributed by atoms with Gasteiger partial charge in [0.1, 0.15) is 6.61 Å². The highest BCUT2D eigenvalue weighted by Crippen LogP contribution is 2.64. The van der Waals surface area contributed by atoms with E-state index in [-0.39, 0.29) is 6.61 Å². The van der Waals surface area contributed by atoms with Gasteiger partial charge in [-0.2, -0.15) is 83.1 Å². The van der Waals surface area contributed by atoms with Crippen LogP contribution in [0.1, 0.15) is 19.8 Å². The summed E-state index contributed by atoms with van der Waals surface area (Å²) >= 11 is 0. The van der Waals surface area contributed by atoms with Gasteiger partial charge in [-0.3, -0.25) is 0 Å². The van der Waals surface area contributed by atoms with E-state index in [1.807, 2.05) is 0 Å². The topological polar surface area (TPSA) is 72.9 Å². The molecule has 40 heavy (non-hydrogen) atoms. The number of carbonyl (C=O) groups is 1. The molecule has 0 N–H and O–H groups in total. The van der Waals surface area contributed by atoms with Crippen LogP contribution in [0, 0.1) is 0 Å². The smallest absolute Gasteiger partial charge is 0.446 e. The van der Waals surface area contributed by atoms with Gasteiger partial charge in [0.05, 0.1) is 6.61 Å². The molecular weight excluding hydrogens is 641 g/mol. The first kappa shape index (κ1) is 38.0. The van der Waals surface area contributed by atoms with E-state index in [4.69, 9.17) is 4.74 Å². The highest BCUT2D eigenvalue weighted by atomic mass is 32.2. The van der Waals surface area contributed by atoms with Crippen LogP contribution in [0.3, 0.4) is 0 Å². The standard InChI is InChI=1S/C16H16F17NO5S/c1-3-4-5-38-6-7-39-8(35)34(2)40(36,37)16(32,33)14(27,28)12(23,24)10(19,20)9(17,18)11(21,22)13(25,26)15(29,30)31/h3-7H2,1-2H3. The number of nitrogens with zero attached hydrogens (tertiary/aromatic N) is 1. The minimum atomic E-state index is -8.96. The average molecular weight is 657 g/mol. The molecule has 0 saturated carbocycles. The maximum atomic E-state index is 14.1. The third-order valence-electron chi connectivity index (χ3n) is 4.73. The Morgan fingerprint density at radius 2 is 1.00 bits per heavy atom. The predicted molar refractivity (Wildman–Crippen MR) is 94.4 cm³/mol. The van der Waals surface area contributed by atoms with Gasteiger partial charge in [-0.15, -0.1) is 0 Å². The van der Waals surface area contributed by atoms with Crippen LogP contribution >= 0.6 is 0 Å². The normalized spacial score (nSPS) is 15.3. The van der Waals surface area contributed by atoms with Crippen molar-refractivity contribution in [2.45, 2.75) is 66.7 Å². The molecule has 1 amide bonds. The molecule has 0 fully saturated rings. The molecule has 0 spiro atoms. The van der Waals surface area contributed by atoms with Crippen LogP contribution in [-0.2, 0) is 19.5 Å². The first-order chi connectivity index (χ1) is 17.4. The summed E-state index contributed by atoms with van der Waals surface area (Å²) in [6.45, 7) is 0.0348. The molecule has 0 aromatic rings. The van der Waals surface area contributed by atoms with Gasteiger partial charge >= 0.3 is 63.1 Å². The number of carbonyl (C=O) groups excluding carboxylic acids is 1. The molecule has 0 aliphatic carbocycles. The minimum Gasteiger partial charge on any atom is -0.446 e. The Labute approximate surface area is 212 Å². The molecule has 0 aliphatic rings. The van der Waals surface area contributed by atoms with Crippen molar-refractivity contribution in [1.29, 1.82) is 0 Å². The van der Waals surface area contributed by atoms with Crippen LogP contribution in [0.4, 0.5) is 79.4 Å². The molecular formula is C16H16F17NO5S. The third kappa shape index (κ3) is 5.69. The second-order valence-electron chi connectivity index (χ2n) is 7.51. The summed E-state index contributed by atoms with van der Waals surface area (Å²) < 4.78 is 256. The van der Waals surface area contributed by atoms with Crippen molar-refractivity contribution in [3.05, 3.63) is 0 Å². The molecule has 0 atom stereocenters. The van der Waals surface area contributed by atoms with E-state index < -0.39 is 87.6 Å². The Balaban J connectivity index is 6.49. The maximum absolute atomic E-state index is 14.1. The second kappa shape index (κ2) is 11.3. The molecule has 0 rings (SSSR count). The Bertz CT molecular complexity index is 996. The molecule has 0 bridgehead atoms. The van der Waals surface area contributed by atoms with Crippen LogP contribution < -0.4 is 0 Å². The van der Waals surface area contributed by atoms with Crippen molar-refractivity contribution in [3.8, 4) is 0 Å². The lowest BCUT2D eigenvalue weighted by atomic mass is 9.91. The van der Waals surface area contributed by atoms with Crippen molar-refractivity contribution in [2.24, 2.45) is 0 Å². The quantitative estimate of drug-likeness (QED) is 0.165. The molecule has 0 heterocycles. The van der Waals surface area contributed by atoms with Crippen molar-refractivity contribution in [2.75, 3.05) is 26.9 Å². The highest BCUT2D eigenvalue weighted by Gasteiger charge is 2.96. The summed E-state index contributed by atoms with van der Waals surface area (Å²) in [5, 5.41) is -7.85. The number of ether oxygens (including phenoxy) is 2. The lowest BCUT2D eigenvalue weighted by Crippen LogP contribution is -2.75. The van der Waals surface area contributed by atoms with Crippen molar-refractivity contribution < 1.29 is 97.3 Å². The van der Waals surface area contributed by atoms with Gasteiger partial charge in [0.25, 0.3) is 0 Å². The first-order valence-corrected chi connectivity index (χ1v) is 11.3. The average Bonchev–Trinajstić information content (AvgIpc) is 2.78. The lowest BCUT2D eigenvalue weighted by Gasteiger charge is -2.42. The predicted octanol–water partition coefficient (Wildman–Crippen LogP) is 6.17. The molecule has 0 saturated heterocycles. The maximum Gasteiger partial charge on any atom is 0.460 e. The Morgan fingerprint density at radius 1 is 0.625 bits per heavy atom. The molecule has 0 aromatic heterocycles. The SMILES string of the molecule is CCCCOCCOC(=O)N(C)S(=O)(=O)C(F)(F)C(F)(F)C(F)(F)C(F)(F)C(F)(F)C(F)(F)C(F)(F)C(F)(F)F. The van der Waals surface area contributed by atoms with Crippen LogP contribution in [0.15, 0.2) is 0 Å². The second-order valence-corrected chi connectivity index (χ2v) is 9.52. The van der Waals surface area contributed by atoms with Gasteiger partial charge < -0.3 is 9.47 Å². The van der Waals surface area contributed by atoms with E-state index in [1.54, 1.807) is 6.92 Å². The number of amides is 1. The first-order valence-electron chi connectivity index (χ1n) is 9.83. The molecule has 240 valence electrons. The fraction of sp³-hybridized carbons (Fsp3) is 0.938. The van der Waals surface area contributed by atoms with E-state index in [2.05, 4.69) is 4.74 Å². The van der Waals surface area contributed by atoms with Gasteiger partial charge in [0, 0.05) is 13.7 Å². The van der Waals surface area contributed by atoms with E-state index in [0.29, 0.717) is 12.8 Å². The van der Waals surface area contributed by atoms with Gasteiger partial charge in [-0.1, -0.05) is 13.3 Å². The summed E-state index contributed by atoms with van der Waals surface area (Å²) in [7, 11) is -8.20. The molecule has 0 unspecified atom stereocenters. The Kier molecular flexibility index (Phi) is 10.8. The number of halogens is 17. The lowest BCUT2D eigenvalue weighted by molar-refractivity contribution is -0.458. The number of rotatable bonds is 14. The fourth-order valence-electron chi connectivity index (χ4n) is 2.21. The minimum absolute atomic E-state index is 0.00560. The monoisotopic (exact) mass is 657 g/mol. The van der Waals surface area contributed by atoms with Crippen LogP contribution in [0.2, 0.25) is 0 Å². The van der Waals surface area contributed by atoms with Crippen molar-refractivity contribution in [1.82, 2.24) is 4.31 Å². The summed E-state index contributed by atoms with van der Waals surface area (Å²) in [5.41, 5.74) is 0.